The largest absolute Gasteiger partial charge is 0.464 e. The fourth-order valence-electron chi connectivity index (χ4n) is 5.61. The number of allylic oxidation sites excluding steroid dienone is 1. The molecule has 40 heavy (non-hydrogen) atoms. The fraction of sp³-hybridized carbons (Fsp3) is 0.714. The molecule has 3 aliphatic rings. The Hall–Kier alpha value is -3.44. The van der Waals surface area contributed by atoms with Crippen molar-refractivity contribution in [1.29, 1.82) is 0 Å². The van der Waals surface area contributed by atoms with E-state index in [2.05, 4.69) is 20.9 Å². The first kappa shape index (κ1) is 29.5. The second kappa shape index (κ2) is 12.0. The first-order valence-corrected chi connectivity index (χ1v) is 14.3. The Labute approximate surface area is 235 Å². The molecule has 0 spiro atoms. The van der Waals surface area contributed by atoms with Crippen LogP contribution < -0.4 is 10.6 Å². The minimum atomic E-state index is -1.14. The Balaban J connectivity index is 1.65. The van der Waals surface area contributed by atoms with Gasteiger partial charge in [0, 0.05) is 18.9 Å². The summed E-state index contributed by atoms with van der Waals surface area (Å²) in [5.74, 6) is -1.42. The standard InChI is InChI=1S/C28H42N6O6/c1-6-39-25(37)28-15-19(28)12-10-8-7-9-11-13-21(30-26(38)40-27(3,4)5)24(36)33-17-20(14-22(33)23(35)31-28)34-18(2)16-29-32-34/h10,12,16,19-22H,6-9,11,13-15,17H2,1-5H3,(H,30,38)(H,31,35)/b12-10-/t19-,20+,21-,22-,28+/m0/s1. The molecule has 1 aromatic heterocycles. The summed E-state index contributed by atoms with van der Waals surface area (Å²) in [6, 6.07) is -2.03. The molecule has 3 heterocycles. The maximum absolute atomic E-state index is 14.0. The number of esters is 1. The molecule has 220 valence electrons. The van der Waals surface area contributed by atoms with Gasteiger partial charge in [-0.15, -0.1) is 5.10 Å². The number of carbonyl (C=O) groups excluding carboxylic acids is 4. The van der Waals surface area contributed by atoms with E-state index in [1.807, 2.05) is 19.1 Å². The summed E-state index contributed by atoms with van der Waals surface area (Å²) in [5, 5.41) is 13.9. The highest BCUT2D eigenvalue weighted by molar-refractivity contribution is 5.96. The van der Waals surface area contributed by atoms with Crippen LogP contribution in [0.1, 0.15) is 84.4 Å². The van der Waals surface area contributed by atoms with E-state index in [0.29, 0.717) is 25.7 Å². The zero-order valence-electron chi connectivity index (χ0n) is 24.1. The minimum absolute atomic E-state index is 0.166. The number of rotatable bonds is 4. The predicted octanol–water partition coefficient (Wildman–Crippen LogP) is 2.58. The van der Waals surface area contributed by atoms with Crippen molar-refractivity contribution < 1.29 is 28.7 Å². The molecular formula is C28H42N6O6. The van der Waals surface area contributed by atoms with Crippen LogP contribution in [-0.2, 0) is 23.9 Å². The van der Waals surface area contributed by atoms with E-state index in [1.54, 1.807) is 38.6 Å². The average Bonchev–Trinajstić information content (AvgIpc) is 3.17. The molecule has 0 unspecified atom stereocenters. The van der Waals surface area contributed by atoms with Gasteiger partial charge in [-0.2, -0.15) is 0 Å². The van der Waals surface area contributed by atoms with E-state index >= 15 is 0 Å². The lowest BCUT2D eigenvalue weighted by Gasteiger charge is -2.30. The topological polar surface area (TPSA) is 145 Å². The van der Waals surface area contributed by atoms with Gasteiger partial charge in [0.2, 0.25) is 11.8 Å². The van der Waals surface area contributed by atoms with Gasteiger partial charge in [0.1, 0.15) is 23.2 Å². The number of alkyl carbamates (subject to hydrolysis) is 1. The first-order chi connectivity index (χ1) is 18.9. The van der Waals surface area contributed by atoms with Crippen LogP contribution >= 0.6 is 0 Å². The smallest absolute Gasteiger partial charge is 0.408 e. The maximum Gasteiger partial charge on any atom is 0.408 e. The number of carbonyl (C=O) groups is 4. The van der Waals surface area contributed by atoms with Crippen molar-refractivity contribution in [3.05, 3.63) is 24.0 Å². The molecule has 0 bridgehead atoms. The first-order valence-electron chi connectivity index (χ1n) is 14.3. The van der Waals surface area contributed by atoms with Crippen LogP contribution in [0.15, 0.2) is 18.3 Å². The summed E-state index contributed by atoms with van der Waals surface area (Å²) >= 11 is 0. The third kappa shape index (κ3) is 6.64. The number of nitrogens with zero attached hydrogens (tertiary/aromatic N) is 4. The fourth-order valence-corrected chi connectivity index (χ4v) is 5.61. The number of nitrogens with one attached hydrogen (secondary N) is 2. The molecule has 5 atom stereocenters. The van der Waals surface area contributed by atoms with E-state index < -0.39 is 41.2 Å². The van der Waals surface area contributed by atoms with Crippen molar-refractivity contribution in [2.75, 3.05) is 13.2 Å². The molecule has 12 nitrogen and oxygen atoms in total. The summed E-state index contributed by atoms with van der Waals surface area (Å²) in [6.07, 6.45) is 9.42. The second-order valence-electron chi connectivity index (χ2n) is 12.0. The molecule has 12 heteroatoms. The molecule has 2 aliphatic heterocycles. The van der Waals surface area contributed by atoms with Gasteiger partial charge in [0.15, 0.2) is 0 Å². The van der Waals surface area contributed by atoms with Gasteiger partial charge < -0.3 is 25.0 Å². The van der Waals surface area contributed by atoms with Crippen LogP contribution in [0.4, 0.5) is 4.79 Å². The summed E-state index contributed by atoms with van der Waals surface area (Å²) in [6.45, 7) is 9.28. The molecule has 1 aromatic rings. The summed E-state index contributed by atoms with van der Waals surface area (Å²) in [7, 11) is 0. The van der Waals surface area contributed by atoms with Crippen molar-refractivity contribution in [2.24, 2.45) is 5.92 Å². The van der Waals surface area contributed by atoms with Gasteiger partial charge in [0.25, 0.3) is 0 Å². The molecule has 2 N–H and O–H groups in total. The van der Waals surface area contributed by atoms with Crippen molar-refractivity contribution in [3.63, 3.8) is 0 Å². The Morgan fingerprint density at radius 1 is 1.23 bits per heavy atom. The van der Waals surface area contributed by atoms with Crippen LogP contribution in [-0.4, -0.2) is 80.1 Å². The zero-order chi connectivity index (χ0) is 29.1. The maximum atomic E-state index is 14.0. The highest BCUT2D eigenvalue weighted by atomic mass is 16.6. The van der Waals surface area contributed by atoms with Crippen LogP contribution in [0.3, 0.4) is 0 Å². The molecule has 1 saturated heterocycles. The monoisotopic (exact) mass is 558 g/mol. The van der Waals surface area contributed by atoms with Gasteiger partial charge >= 0.3 is 12.1 Å². The van der Waals surface area contributed by atoms with E-state index in [-0.39, 0.29) is 31.0 Å². The van der Waals surface area contributed by atoms with Crippen molar-refractivity contribution in [3.8, 4) is 0 Å². The van der Waals surface area contributed by atoms with Gasteiger partial charge in [-0.3, -0.25) is 9.59 Å². The SMILES string of the molecule is CCOC(=O)[C@@]12C[C@@H]1/C=C\CCCCC[C@H](NC(=O)OC(C)(C)C)C(=O)N1C[C@H](n3nncc3C)C[C@H]1C(=O)N2. The molecular weight excluding hydrogens is 516 g/mol. The number of hydrogen-bond donors (Lipinski definition) is 2. The molecule has 3 amide bonds. The quantitative estimate of drug-likeness (QED) is 0.424. The number of amides is 3. The third-order valence-electron chi connectivity index (χ3n) is 7.69. The molecule has 0 radical (unpaired) electrons. The number of hydrogen-bond acceptors (Lipinski definition) is 8. The Morgan fingerprint density at radius 3 is 2.67 bits per heavy atom. The molecule has 0 aromatic carbocycles. The number of fused-ring (bicyclic) bond motifs is 2. The van der Waals surface area contributed by atoms with Crippen LogP contribution in [0.5, 0.6) is 0 Å². The number of aromatic nitrogens is 3. The minimum Gasteiger partial charge on any atom is -0.464 e. The zero-order valence-corrected chi connectivity index (χ0v) is 24.1. The van der Waals surface area contributed by atoms with Gasteiger partial charge in [-0.1, -0.05) is 30.2 Å². The Kier molecular flexibility index (Phi) is 8.84. The van der Waals surface area contributed by atoms with E-state index in [9.17, 15) is 19.2 Å². The van der Waals surface area contributed by atoms with E-state index in [1.165, 1.54) is 4.90 Å². The molecule has 1 aliphatic carbocycles. The van der Waals surface area contributed by atoms with Crippen LogP contribution in [0.25, 0.3) is 0 Å². The third-order valence-corrected chi connectivity index (χ3v) is 7.69. The average molecular weight is 559 g/mol. The summed E-state index contributed by atoms with van der Waals surface area (Å²) < 4.78 is 12.5. The van der Waals surface area contributed by atoms with Crippen molar-refractivity contribution in [2.45, 2.75) is 109 Å². The molecule has 2 fully saturated rings. The van der Waals surface area contributed by atoms with Crippen molar-refractivity contribution in [1.82, 2.24) is 30.5 Å². The second-order valence-corrected chi connectivity index (χ2v) is 12.0. The van der Waals surface area contributed by atoms with E-state index in [4.69, 9.17) is 9.47 Å². The molecule has 4 rings (SSSR count). The highest BCUT2D eigenvalue weighted by Gasteiger charge is 2.62. The van der Waals surface area contributed by atoms with Gasteiger partial charge in [0.05, 0.1) is 24.5 Å². The lowest BCUT2D eigenvalue weighted by Crippen LogP contribution is -2.56. The summed E-state index contributed by atoms with van der Waals surface area (Å²) in [5.41, 5.74) is -1.07. The van der Waals surface area contributed by atoms with Gasteiger partial charge in [-0.05, 0) is 60.3 Å². The Morgan fingerprint density at radius 2 is 2.00 bits per heavy atom. The number of aryl methyl sites for hydroxylation is 1. The normalized spacial score (nSPS) is 30.2. The molecule has 1 saturated carbocycles. The van der Waals surface area contributed by atoms with Crippen LogP contribution in [0.2, 0.25) is 0 Å². The summed E-state index contributed by atoms with van der Waals surface area (Å²) in [4.78, 5) is 55.1. The number of ether oxygens (including phenoxy) is 2. The van der Waals surface area contributed by atoms with Crippen molar-refractivity contribution >= 4 is 23.9 Å². The Bertz CT molecular complexity index is 1140. The van der Waals surface area contributed by atoms with E-state index in [0.717, 1.165) is 25.0 Å². The van der Waals surface area contributed by atoms with Gasteiger partial charge in [-0.25, -0.2) is 14.3 Å². The lowest BCUT2D eigenvalue weighted by molar-refractivity contribution is -0.150. The predicted molar refractivity (Wildman–Crippen MR) is 145 cm³/mol. The highest BCUT2D eigenvalue weighted by Crippen LogP contribution is 2.46. The van der Waals surface area contributed by atoms with Crippen LogP contribution in [0, 0.1) is 12.8 Å². The lowest BCUT2D eigenvalue weighted by atomic mass is 10.0.